The summed E-state index contributed by atoms with van der Waals surface area (Å²) in [5.41, 5.74) is 5.84. The Morgan fingerprint density at radius 1 is 1.26 bits per heavy atom. The van der Waals surface area contributed by atoms with Crippen molar-refractivity contribution in [1.82, 2.24) is 0 Å². The van der Waals surface area contributed by atoms with Crippen molar-refractivity contribution in [1.29, 1.82) is 0 Å². The number of benzene rings is 1. The maximum atomic E-state index is 12.0. The molecule has 1 aromatic carbocycles. The molecule has 1 aromatic rings. The number of nitrogens with two attached hydrogens (primary N) is 1. The van der Waals surface area contributed by atoms with E-state index in [0.717, 1.165) is 0 Å². The van der Waals surface area contributed by atoms with Crippen molar-refractivity contribution in [3.63, 3.8) is 0 Å². The van der Waals surface area contributed by atoms with E-state index in [2.05, 4.69) is 0 Å². The standard InChI is InChI=1S/C12H18ClNO4S/c1-17-6-7-18-5-2-8-19(15,16)12-4-3-10(13)9-11(12)14/h3-4,9H,2,5-8,14H2,1H3. The van der Waals surface area contributed by atoms with Crippen LogP contribution in [0.1, 0.15) is 6.42 Å². The average molecular weight is 308 g/mol. The molecule has 0 aromatic heterocycles. The molecule has 0 aliphatic rings. The van der Waals surface area contributed by atoms with E-state index in [9.17, 15) is 8.42 Å². The van der Waals surface area contributed by atoms with E-state index in [0.29, 0.717) is 31.3 Å². The summed E-state index contributed by atoms with van der Waals surface area (Å²) >= 11 is 5.74. The number of nitrogen functional groups attached to an aromatic ring is 1. The molecule has 0 atom stereocenters. The quantitative estimate of drug-likeness (QED) is 0.585. The Hall–Kier alpha value is -0.820. The topological polar surface area (TPSA) is 78.6 Å². The average Bonchev–Trinajstić information content (AvgIpc) is 2.33. The van der Waals surface area contributed by atoms with Gasteiger partial charge in [-0.1, -0.05) is 11.6 Å². The van der Waals surface area contributed by atoms with Crippen molar-refractivity contribution in [3.05, 3.63) is 23.2 Å². The molecule has 0 spiro atoms. The monoisotopic (exact) mass is 307 g/mol. The summed E-state index contributed by atoms with van der Waals surface area (Å²) in [5, 5.41) is 0.416. The summed E-state index contributed by atoms with van der Waals surface area (Å²) in [6, 6.07) is 4.38. The second kappa shape index (κ2) is 7.69. The van der Waals surface area contributed by atoms with Gasteiger partial charge in [-0.2, -0.15) is 0 Å². The SMILES string of the molecule is COCCOCCCS(=O)(=O)c1ccc(Cl)cc1N. The molecule has 108 valence electrons. The smallest absolute Gasteiger partial charge is 0.180 e. The van der Waals surface area contributed by atoms with E-state index in [1.54, 1.807) is 7.11 Å². The number of methoxy groups -OCH3 is 1. The number of ether oxygens (including phenoxy) is 2. The van der Waals surface area contributed by atoms with Crippen LogP contribution in [0.25, 0.3) is 0 Å². The second-order valence-corrected chi connectivity index (χ2v) is 6.47. The molecule has 0 fully saturated rings. The van der Waals surface area contributed by atoms with Crippen molar-refractivity contribution in [2.45, 2.75) is 11.3 Å². The number of rotatable bonds is 8. The number of hydrogen-bond acceptors (Lipinski definition) is 5. The summed E-state index contributed by atoms with van der Waals surface area (Å²) in [7, 11) is -1.81. The van der Waals surface area contributed by atoms with Crippen LogP contribution < -0.4 is 5.73 Å². The Bertz CT molecular complexity index is 504. The van der Waals surface area contributed by atoms with Gasteiger partial charge in [0.1, 0.15) is 0 Å². The largest absolute Gasteiger partial charge is 0.398 e. The van der Waals surface area contributed by atoms with Gasteiger partial charge < -0.3 is 15.2 Å². The molecule has 0 amide bonds. The van der Waals surface area contributed by atoms with Crippen LogP contribution in [0.15, 0.2) is 23.1 Å². The molecule has 19 heavy (non-hydrogen) atoms. The first-order chi connectivity index (χ1) is 8.97. The van der Waals surface area contributed by atoms with Crippen molar-refractivity contribution in [2.75, 3.05) is 38.4 Å². The molecule has 0 radical (unpaired) electrons. The van der Waals surface area contributed by atoms with Gasteiger partial charge >= 0.3 is 0 Å². The number of sulfone groups is 1. The summed E-state index contributed by atoms with van der Waals surface area (Å²) in [5.74, 6) is -0.00812. The van der Waals surface area contributed by atoms with Gasteiger partial charge in [-0.25, -0.2) is 8.42 Å². The normalized spacial score (nSPS) is 11.7. The zero-order chi connectivity index (χ0) is 14.3. The maximum absolute atomic E-state index is 12.0. The highest BCUT2D eigenvalue weighted by Crippen LogP contribution is 2.23. The maximum Gasteiger partial charge on any atom is 0.180 e. The molecule has 7 heteroatoms. The van der Waals surface area contributed by atoms with E-state index in [1.807, 2.05) is 0 Å². The van der Waals surface area contributed by atoms with Crippen molar-refractivity contribution < 1.29 is 17.9 Å². The van der Waals surface area contributed by atoms with E-state index < -0.39 is 9.84 Å². The van der Waals surface area contributed by atoms with E-state index in [1.165, 1.54) is 18.2 Å². The Kier molecular flexibility index (Phi) is 6.57. The van der Waals surface area contributed by atoms with E-state index in [4.69, 9.17) is 26.8 Å². The molecule has 0 heterocycles. The highest BCUT2D eigenvalue weighted by atomic mass is 35.5. The Morgan fingerprint density at radius 2 is 2.00 bits per heavy atom. The lowest BCUT2D eigenvalue weighted by Gasteiger charge is -2.08. The molecule has 0 aliphatic carbocycles. The van der Waals surface area contributed by atoms with Crippen molar-refractivity contribution in [3.8, 4) is 0 Å². The van der Waals surface area contributed by atoms with Crippen LogP contribution in [0.5, 0.6) is 0 Å². The van der Waals surface area contributed by atoms with Crippen LogP contribution in [0.2, 0.25) is 5.02 Å². The fourth-order valence-electron chi connectivity index (χ4n) is 1.51. The van der Waals surface area contributed by atoms with Crippen LogP contribution in [0, 0.1) is 0 Å². The number of halogens is 1. The molecule has 0 aliphatic heterocycles. The van der Waals surface area contributed by atoms with Crippen LogP contribution in [-0.4, -0.2) is 41.1 Å². The fourth-order valence-corrected chi connectivity index (χ4v) is 3.10. The lowest BCUT2D eigenvalue weighted by molar-refractivity contribution is 0.0712. The van der Waals surface area contributed by atoms with Crippen LogP contribution in [0.3, 0.4) is 0 Å². The van der Waals surface area contributed by atoms with Crippen LogP contribution in [0.4, 0.5) is 5.69 Å². The van der Waals surface area contributed by atoms with Gasteiger partial charge in [-0.05, 0) is 24.6 Å². The van der Waals surface area contributed by atoms with E-state index >= 15 is 0 Å². The van der Waals surface area contributed by atoms with Crippen LogP contribution in [-0.2, 0) is 19.3 Å². The summed E-state index contributed by atoms with van der Waals surface area (Å²) < 4.78 is 34.1. The first-order valence-corrected chi connectivity index (χ1v) is 7.85. The summed E-state index contributed by atoms with van der Waals surface area (Å²) in [4.78, 5) is 0.119. The second-order valence-electron chi connectivity index (χ2n) is 3.96. The zero-order valence-corrected chi connectivity index (χ0v) is 12.3. The Morgan fingerprint density at radius 3 is 2.63 bits per heavy atom. The third kappa shape index (κ3) is 5.36. The molecule has 0 bridgehead atoms. The lowest BCUT2D eigenvalue weighted by atomic mass is 10.3. The number of hydrogen-bond donors (Lipinski definition) is 1. The summed E-state index contributed by atoms with van der Waals surface area (Å²) in [6.07, 6.45) is 0.411. The molecular formula is C12H18ClNO4S. The Balaban J connectivity index is 2.52. The minimum absolute atomic E-state index is 0.00812. The third-order valence-electron chi connectivity index (χ3n) is 2.44. The van der Waals surface area contributed by atoms with Crippen LogP contribution >= 0.6 is 11.6 Å². The molecule has 0 saturated heterocycles. The minimum atomic E-state index is -3.40. The predicted octanol–water partition coefficient (Wildman–Crippen LogP) is 1.75. The number of anilines is 1. The predicted molar refractivity (Wildman–Crippen MR) is 75.2 cm³/mol. The van der Waals surface area contributed by atoms with Gasteiger partial charge in [-0.3, -0.25) is 0 Å². The molecule has 0 saturated carbocycles. The Labute approximate surface area is 118 Å². The van der Waals surface area contributed by atoms with Gasteiger partial charge in [-0.15, -0.1) is 0 Å². The minimum Gasteiger partial charge on any atom is -0.398 e. The van der Waals surface area contributed by atoms with E-state index in [-0.39, 0.29) is 16.3 Å². The summed E-state index contributed by atoms with van der Waals surface area (Å²) in [6.45, 7) is 1.33. The third-order valence-corrected chi connectivity index (χ3v) is 4.54. The van der Waals surface area contributed by atoms with Gasteiger partial charge in [0.05, 0.1) is 29.5 Å². The highest BCUT2D eigenvalue weighted by Gasteiger charge is 2.17. The fraction of sp³-hybridized carbons (Fsp3) is 0.500. The van der Waals surface area contributed by atoms with Gasteiger partial charge in [0.2, 0.25) is 0 Å². The molecule has 1 rings (SSSR count). The molecule has 5 nitrogen and oxygen atoms in total. The first kappa shape index (κ1) is 16.2. The highest BCUT2D eigenvalue weighted by molar-refractivity contribution is 7.91. The van der Waals surface area contributed by atoms with Gasteiger partial charge in [0.25, 0.3) is 0 Å². The molecule has 0 unspecified atom stereocenters. The lowest BCUT2D eigenvalue weighted by Crippen LogP contribution is -2.12. The van der Waals surface area contributed by atoms with Gasteiger partial charge in [0, 0.05) is 18.7 Å². The first-order valence-electron chi connectivity index (χ1n) is 5.82. The van der Waals surface area contributed by atoms with Crippen molar-refractivity contribution >= 4 is 27.1 Å². The molecule has 2 N–H and O–H groups in total. The molecular weight excluding hydrogens is 290 g/mol. The van der Waals surface area contributed by atoms with Crippen molar-refractivity contribution in [2.24, 2.45) is 0 Å². The van der Waals surface area contributed by atoms with Gasteiger partial charge in [0.15, 0.2) is 9.84 Å². The zero-order valence-electron chi connectivity index (χ0n) is 10.8.